The number of hydrogen-bond acceptors (Lipinski definition) is 14. The molecule has 0 saturated heterocycles. The summed E-state index contributed by atoms with van der Waals surface area (Å²) in [6, 6.07) is 0. The van der Waals surface area contributed by atoms with Crippen molar-refractivity contribution in [2.45, 2.75) is 159 Å². The van der Waals surface area contributed by atoms with Gasteiger partial charge >= 0.3 is 5.97 Å². The molecule has 7 unspecified atom stereocenters. The van der Waals surface area contributed by atoms with E-state index in [1.54, 1.807) is 0 Å². The van der Waals surface area contributed by atoms with E-state index in [0.29, 0.717) is 6.42 Å². The Morgan fingerprint density at radius 1 is 0.500 bits per heavy atom. The Bertz CT molecular complexity index is 794. The van der Waals surface area contributed by atoms with E-state index >= 15 is 0 Å². The lowest BCUT2D eigenvalue weighted by Gasteiger charge is -2.56. The fourth-order valence-corrected chi connectivity index (χ4v) is 7.58. The van der Waals surface area contributed by atoms with E-state index in [9.17, 15) is 66.1 Å². The normalized spacial score (nSPS) is 18.7. The second kappa shape index (κ2) is 28.5. The molecular weight excluding hydrogens is 656 g/mol. The van der Waals surface area contributed by atoms with Crippen LogP contribution in [0.1, 0.15) is 122 Å². The molecule has 0 amide bonds. The summed E-state index contributed by atoms with van der Waals surface area (Å²) in [5.41, 5.74) is -4.03. The van der Waals surface area contributed by atoms with Crippen molar-refractivity contribution in [2.75, 3.05) is 46.2 Å². The molecule has 0 bridgehead atoms. The van der Waals surface area contributed by atoms with Crippen molar-refractivity contribution in [2.24, 2.45) is 16.7 Å². The first-order valence-corrected chi connectivity index (χ1v) is 18.8. The smallest absolute Gasteiger partial charge is 0.312 e. The van der Waals surface area contributed by atoms with Crippen LogP contribution in [0.3, 0.4) is 0 Å². The van der Waals surface area contributed by atoms with E-state index in [2.05, 4.69) is 6.92 Å². The van der Waals surface area contributed by atoms with E-state index in [-0.39, 0.29) is 12.8 Å². The third-order valence-electron chi connectivity index (χ3n) is 10.1. The van der Waals surface area contributed by atoms with E-state index in [4.69, 9.17) is 4.74 Å². The number of rotatable bonds is 34. The molecule has 50 heavy (non-hydrogen) atoms. The van der Waals surface area contributed by atoms with Crippen LogP contribution < -0.4 is 0 Å². The van der Waals surface area contributed by atoms with Gasteiger partial charge in [0.05, 0.1) is 75.6 Å². The number of carbonyl (C=O) groups is 1. The fourth-order valence-electron chi connectivity index (χ4n) is 7.58. The highest BCUT2D eigenvalue weighted by atomic mass is 16.5. The molecule has 0 aliphatic carbocycles. The van der Waals surface area contributed by atoms with Crippen molar-refractivity contribution >= 4 is 5.97 Å². The van der Waals surface area contributed by atoms with Crippen molar-refractivity contribution in [3.8, 4) is 0 Å². The van der Waals surface area contributed by atoms with Gasteiger partial charge in [0.1, 0.15) is 12.7 Å². The van der Waals surface area contributed by atoms with Crippen LogP contribution in [0.25, 0.3) is 0 Å². The largest absolute Gasteiger partial charge is 0.462 e. The predicted molar refractivity (Wildman–Crippen MR) is 187 cm³/mol. The molecule has 0 saturated carbocycles. The van der Waals surface area contributed by atoms with Crippen LogP contribution in [0.15, 0.2) is 0 Å². The summed E-state index contributed by atoms with van der Waals surface area (Å²) in [4.78, 5) is 14.4. The van der Waals surface area contributed by atoms with E-state index in [0.717, 1.165) is 32.1 Å². The number of hydrogen-bond donors (Lipinski definition) is 12. The monoisotopic (exact) mass is 728 g/mol. The first kappa shape index (κ1) is 49.0. The van der Waals surface area contributed by atoms with Gasteiger partial charge in [-0.2, -0.15) is 0 Å². The first-order chi connectivity index (χ1) is 23.9. The van der Waals surface area contributed by atoms with Crippen molar-refractivity contribution in [1.82, 2.24) is 0 Å². The fraction of sp³-hybridized carbons (Fsp3) is 0.972. The number of carbonyl (C=O) groups excluding carboxylic acids is 1. The Kier molecular flexibility index (Phi) is 27.9. The maximum Gasteiger partial charge on any atom is 0.312 e. The average Bonchev–Trinajstić information content (AvgIpc) is 3.12. The Morgan fingerprint density at radius 2 is 0.860 bits per heavy atom. The number of unbranched alkanes of at least 4 members (excludes halogenated alkanes) is 11. The van der Waals surface area contributed by atoms with Gasteiger partial charge in [0.2, 0.25) is 0 Å². The molecule has 14 nitrogen and oxygen atoms in total. The molecule has 0 aromatic heterocycles. The van der Waals surface area contributed by atoms with Gasteiger partial charge in [-0.1, -0.05) is 84.0 Å². The molecular formula is C36H72O14. The Balaban J connectivity index is 6.95. The van der Waals surface area contributed by atoms with Gasteiger partial charge < -0.3 is 66.0 Å². The Hall–Kier alpha value is -1.01. The van der Waals surface area contributed by atoms with Crippen LogP contribution in [0.4, 0.5) is 0 Å². The molecule has 0 rings (SSSR count). The molecule has 0 aromatic carbocycles. The number of aliphatic hydroxyl groups is 12. The molecule has 300 valence electrons. The van der Waals surface area contributed by atoms with Gasteiger partial charge in [-0.25, -0.2) is 0 Å². The van der Waals surface area contributed by atoms with E-state index < -0.39 is 131 Å². The molecule has 12 N–H and O–H groups in total. The highest BCUT2D eigenvalue weighted by molar-refractivity contribution is 5.78. The van der Waals surface area contributed by atoms with Gasteiger partial charge in [-0.3, -0.25) is 4.79 Å². The van der Waals surface area contributed by atoms with E-state index in [1.807, 2.05) is 0 Å². The summed E-state index contributed by atoms with van der Waals surface area (Å²) in [5.74, 6) is -2.07. The van der Waals surface area contributed by atoms with Gasteiger partial charge in [0.25, 0.3) is 0 Å². The number of ether oxygens (including phenoxy) is 1. The van der Waals surface area contributed by atoms with Gasteiger partial charge in [0.15, 0.2) is 0 Å². The zero-order valence-electron chi connectivity index (χ0n) is 30.4. The summed E-state index contributed by atoms with van der Waals surface area (Å²) < 4.78 is 5.45. The van der Waals surface area contributed by atoms with Crippen LogP contribution in [0.5, 0.6) is 0 Å². The summed E-state index contributed by atoms with van der Waals surface area (Å²) in [6.45, 7) is -3.37. The molecule has 0 aromatic rings. The minimum absolute atomic E-state index is 0.205. The molecule has 0 radical (unpaired) electrons. The Morgan fingerprint density at radius 3 is 1.24 bits per heavy atom. The SMILES string of the molecule is CCCCCCCCCCCCCCC(CC(O)CO)C(CC(O)CO)(CC(O)CO)C(CC(O)CO)(CC(O)CO)C(=O)OCC(O)CO. The average molecular weight is 729 g/mol. The molecule has 0 aliphatic heterocycles. The second-order valence-corrected chi connectivity index (χ2v) is 14.3. The lowest BCUT2D eigenvalue weighted by molar-refractivity contribution is -0.197. The minimum atomic E-state index is -2.20. The maximum absolute atomic E-state index is 14.4. The second-order valence-electron chi connectivity index (χ2n) is 14.3. The molecule has 14 heteroatoms. The zero-order valence-corrected chi connectivity index (χ0v) is 30.4. The third-order valence-corrected chi connectivity index (χ3v) is 10.1. The van der Waals surface area contributed by atoms with Crippen molar-refractivity contribution in [3.05, 3.63) is 0 Å². The molecule has 0 spiro atoms. The maximum atomic E-state index is 14.4. The van der Waals surface area contributed by atoms with Gasteiger partial charge in [-0.15, -0.1) is 0 Å². The predicted octanol–water partition coefficient (Wildman–Crippen LogP) is 0.280. The van der Waals surface area contributed by atoms with Gasteiger partial charge in [0, 0.05) is 0 Å². The summed E-state index contributed by atoms with van der Waals surface area (Å²) >= 11 is 0. The third kappa shape index (κ3) is 17.7. The van der Waals surface area contributed by atoms with Crippen LogP contribution in [-0.4, -0.2) is 150 Å². The molecule has 0 heterocycles. The molecule has 0 aliphatic rings. The summed E-state index contributed by atoms with van der Waals surface area (Å²) in [7, 11) is 0. The molecule has 0 fully saturated rings. The van der Waals surface area contributed by atoms with Crippen molar-refractivity contribution in [1.29, 1.82) is 0 Å². The summed E-state index contributed by atoms with van der Waals surface area (Å²) in [5, 5.41) is 124. The molecule has 7 atom stereocenters. The van der Waals surface area contributed by atoms with Crippen molar-refractivity contribution < 1.29 is 70.8 Å². The van der Waals surface area contributed by atoms with Crippen molar-refractivity contribution in [3.63, 3.8) is 0 Å². The highest BCUT2D eigenvalue weighted by Crippen LogP contribution is 2.60. The number of esters is 1. The zero-order chi connectivity index (χ0) is 38.0. The lowest BCUT2D eigenvalue weighted by Crippen LogP contribution is -2.59. The van der Waals surface area contributed by atoms with Gasteiger partial charge in [-0.05, 0) is 49.9 Å². The summed E-state index contributed by atoms with van der Waals surface area (Å²) in [6.07, 6.45) is 1.16. The highest BCUT2D eigenvalue weighted by Gasteiger charge is 2.62. The van der Waals surface area contributed by atoms with E-state index in [1.165, 1.54) is 38.5 Å². The van der Waals surface area contributed by atoms with Crippen LogP contribution in [-0.2, 0) is 9.53 Å². The quantitative estimate of drug-likeness (QED) is 0.0314. The first-order valence-electron chi connectivity index (χ1n) is 18.8. The van der Waals surface area contributed by atoms with Crippen LogP contribution in [0, 0.1) is 16.7 Å². The topological polar surface area (TPSA) is 269 Å². The van der Waals surface area contributed by atoms with Crippen LogP contribution in [0.2, 0.25) is 0 Å². The number of aliphatic hydroxyl groups excluding tert-OH is 12. The lowest BCUT2D eigenvalue weighted by atomic mass is 9.48. The standard InChI is InChI=1S/C36H72O14/c1-2-3-4-5-6-7-8-9-10-11-12-13-14-27(15-28(43)20-37)35(16-29(44)21-38,17-30(45)22-39)36(18-31(46)23-40,19-32(47)24-41)34(49)50-26-33(48)25-42/h27-33,37-48H,2-26H2,1H3. The minimum Gasteiger partial charge on any atom is -0.462 e. The Labute approximate surface area is 298 Å². The van der Waals surface area contributed by atoms with Crippen LogP contribution >= 0.6 is 0 Å².